The van der Waals surface area contributed by atoms with Crippen LogP contribution in [0.4, 0.5) is 0 Å². The maximum absolute atomic E-state index is 12.3. The van der Waals surface area contributed by atoms with Crippen molar-refractivity contribution in [1.82, 2.24) is 20.1 Å². The molecule has 1 atom stereocenters. The molecule has 118 valence electrons. The van der Waals surface area contributed by atoms with Crippen LogP contribution in [0.5, 0.6) is 0 Å². The molecule has 0 spiro atoms. The van der Waals surface area contributed by atoms with Crippen molar-refractivity contribution >= 4 is 30.7 Å². The van der Waals surface area contributed by atoms with Gasteiger partial charge in [-0.05, 0) is 19.8 Å². The molecule has 0 aliphatic carbocycles. The van der Waals surface area contributed by atoms with Crippen LogP contribution in [-0.4, -0.2) is 33.3 Å². The molecule has 1 aromatic rings. The molecule has 20 heavy (non-hydrogen) atoms. The van der Waals surface area contributed by atoms with E-state index in [-0.39, 0.29) is 36.8 Å². The first-order valence-corrected chi connectivity index (χ1v) is 6.41. The lowest BCUT2D eigenvalue weighted by atomic mass is 9.81. The van der Waals surface area contributed by atoms with Crippen LogP contribution in [0.15, 0.2) is 12.7 Å². The molecule has 0 saturated heterocycles. The molecule has 1 aromatic heterocycles. The van der Waals surface area contributed by atoms with Gasteiger partial charge < -0.3 is 11.1 Å². The highest BCUT2D eigenvalue weighted by molar-refractivity contribution is 5.85. The summed E-state index contributed by atoms with van der Waals surface area (Å²) in [5, 5.41) is 7.02. The smallest absolute Gasteiger partial charge is 0.227 e. The van der Waals surface area contributed by atoms with E-state index < -0.39 is 5.41 Å². The molecule has 1 heterocycles. The van der Waals surface area contributed by atoms with E-state index in [2.05, 4.69) is 15.4 Å². The molecular weight excluding hydrogens is 301 g/mol. The van der Waals surface area contributed by atoms with Gasteiger partial charge in [0.25, 0.3) is 0 Å². The van der Waals surface area contributed by atoms with Crippen molar-refractivity contribution in [3.8, 4) is 0 Å². The summed E-state index contributed by atoms with van der Waals surface area (Å²) in [6.45, 7) is 6.93. The van der Waals surface area contributed by atoms with Crippen molar-refractivity contribution in [2.45, 2.75) is 46.2 Å². The SMILES string of the molecule is CCC(CC)(CN)C(=O)NC(C)Cn1cncn1.Cl.Cl. The zero-order chi connectivity index (χ0) is 13.6. The fraction of sp³-hybridized carbons (Fsp3) is 0.750. The summed E-state index contributed by atoms with van der Waals surface area (Å²) in [5.41, 5.74) is 5.31. The van der Waals surface area contributed by atoms with Gasteiger partial charge in [-0.2, -0.15) is 5.10 Å². The summed E-state index contributed by atoms with van der Waals surface area (Å²) in [6.07, 6.45) is 4.62. The Morgan fingerprint density at radius 2 is 2.00 bits per heavy atom. The predicted octanol–water partition coefficient (Wildman–Crippen LogP) is 1.39. The van der Waals surface area contributed by atoms with Crippen LogP contribution < -0.4 is 11.1 Å². The van der Waals surface area contributed by atoms with Crippen LogP contribution in [0.3, 0.4) is 0 Å². The third-order valence-electron chi connectivity index (χ3n) is 3.53. The van der Waals surface area contributed by atoms with E-state index >= 15 is 0 Å². The largest absolute Gasteiger partial charge is 0.351 e. The lowest BCUT2D eigenvalue weighted by Gasteiger charge is -2.30. The fourth-order valence-electron chi connectivity index (χ4n) is 1.98. The Balaban J connectivity index is 0. The van der Waals surface area contributed by atoms with E-state index in [1.165, 1.54) is 6.33 Å². The summed E-state index contributed by atoms with van der Waals surface area (Å²) >= 11 is 0. The van der Waals surface area contributed by atoms with Crippen molar-refractivity contribution in [3.05, 3.63) is 12.7 Å². The minimum atomic E-state index is -0.448. The Morgan fingerprint density at radius 1 is 1.40 bits per heavy atom. The summed E-state index contributed by atoms with van der Waals surface area (Å²) in [5.74, 6) is 0.0302. The number of hydrogen-bond donors (Lipinski definition) is 2. The normalized spacial score (nSPS) is 12.0. The number of rotatable bonds is 7. The van der Waals surface area contributed by atoms with Gasteiger partial charge in [-0.15, -0.1) is 24.8 Å². The van der Waals surface area contributed by atoms with Crippen molar-refractivity contribution in [3.63, 3.8) is 0 Å². The van der Waals surface area contributed by atoms with Gasteiger partial charge in [0.05, 0.1) is 12.0 Å². The van der Waals surface area contributed by atoms with E-state index in [0.29, 0.717) is 13.1 Å². The summed E-state index contributed by atoms with van der Waals surface area (Å²) in [6, 6.07) is 0.00299. The molecule has 8 heteroatoms. The molecule has 0 saturated carbocycles. The van der Waals surface area contributed by atoms with Crippen LogP contribution in [-0.2, 0) is 11.3 Å². The average Bonchev–Trinajstić information content (AvgIpc) is 2.84. The lowest BCUT2D eigenvalue weighted by Crippen LogP contribution is -2.49. The molecular formula is C12H25Cl2N5O. The molecule has 0 bridgehead atoms. The number of nitrogens with two attached hydrogens (primary N) is 1. The van der Waals surface area contributed by atoms with Crippen molar-refractivity contribution in [2.75, 3.05) is 6.54 Å². The van der Waals surface area contributed by atoms with E-state index in [1.54, 1.807) is 11.0 Å². The Hall–Kier alpha value is -0.850. The predicted molar refractivity (Wildman–Crippen MR) is 84.2 cm³/mol. The third-order valence-corrected chi connectivity index (χ3v) is 3.53. The third kappa shape index (κ3) is 5.26. The van der Waals surface area contributed by atoms with Crippen molar-refractivity contribution in [2.24, 2.45) is 11.1 Å². The first-order valence-electron chi connectivity index (χ1n) is 6.41. The molecule has 1 rings (SSSR count). The first-order chi connectivity index (χ1) is 8.57. The van der Waals surface area contributed by atoms with E-state index in [4.69, 9.17) is 5.73 Å². The van der Waals surface area contributed by atoms with Crippen LogP contribution in [0.1, 0.15) is 33.6 Å². The zero-order valence-electron chi connectivity index (χ0n) is 12.2. The van der Waals surface area contributed by atoms with Crippen LogP contribution in [0, 0.1) is 5.41 Å². The van der Waals surface area contributed by atoms with E-state index in [9.17, 15) is 4.79 Å². The van der Waals surface area contributed by atoms with Crippen molar-refractivity contribution < 1.29 is 4.79 Å². The second kappa shape index (κ2) is 9.96. The number of halogens is 2. The van der Waals surface area contributed by atoms with Crippen LogP contribution >= 0.6 is 24.8 Å². The molecule has 1 unspecified atom stereocenters. The summed E-state index contributed by atoms with van der Waals surface area (Å²) in [7, 11) is 0. The quantitative estimate of drug-likeness (QED) is 0.793. The standard InChI is InChI=1S/C12H23N5O.2ClH/c1-4-12(5-2,7-13)11(18)16-10(3)6-17-9-14-8-15-17;;/h8-10H,4-7,13H2,1-3H3,(H,16,18);2*1H. The Labute approximate surface area is 132 Å². The van der Waals surface area contributed by atoms with Gasteiger partial charge in [0.1, 0.15) is 12.7 Å². The van der Waals surface area contributed by atoms with Crippen molar-refractivity contribution in [1.29, 1.82) is 0 Å². The van der Waals surface area contributed by atoms with Gasteiger partial charge in [0.2, 0.25) is 5.91 Å². The van der Waals surface area contributed by atoms with Crippen LogP contribution in [0.25, 0.3) is 0 Å². The fourth-order valence-corrected chi connectivity index (χ4v) is 1.98. The molecule has 0 aromatic carbocycles. The summed E-state index contributed by atoms with van der Waals surface area (Å²) < 4.78 is 1.70. The number of carbonyl (C=O) groups is 1. The highest BCUT2D eigenvalue weighted by Crippen LogP contribution is 2.25. The number of amides is 1. The van der Waals surface area contributed by atoms with Gasteiger partial charge in [0.15, 0.2) is 0 Å². The summed E-state index contributed by atoms with van der Waals surface area (Å²) in [4.78, 5) is 16.1. The number of aromatic nitrogens is 3. The molecule has 1 amide bonds. The monoisotopic (exact) mass is 325 g/mol. The number of carbonyl (C=O) groups excluding carboxylic acids is 1. The molecule has 0 aliphatic heterocycles. The van der Waals surface area contributed by atoms with E-state index in [0.717, 1.165) is 12.8 Å². The van der Waals surface area contributed by atoms with Crippen LogP contribution in [0.2, 0.25) is 0 Å². The number of hydrogen-bond acceptors (Lipinski definition) is 4. The molecule has 0 radical (unpaired) electrons. The minimum Gasteiger partial charge on any atom is -0.351 e. The molecule has 3 N–H and O–H groups in total. The van der Waals surface area contributed by atoms with Gasteiger partial charge in [-0.25, -0.2) is 4.98 Å². The Kier molecular flexibility index (Phi) is 10.7. The number of nitrogens with zero attached hydrogens (tertiary/aromatic N) is 3. The lowest BCUT2D eigenvalue weighted by molar-refractivity contribution is -0.131. The minimum absolute atomic E-state index is 0. The Morgan fingerprint density at radius 3 is 2.40 bits per heavy atom. The maximum Gasteiger partial charge on any atom is 0.227 e. The van der Waals surface area contributed by atoms with E-state index in [1.807, 2.05) is 20.8 Å². The zero-order valence-corrected chi connectivity index (χ0v) is 13.8. The average molecular weight is 326 g/mol. The van der Waals surface area contributed by atoms with Gasteiger partial charge >= 0.3 is 0 Å². The maximum atomic E-state index is 12.3. The van der Waals surface area contributed by atoms with Gasteiger partial charge in [-0.3, -0.25) is 9.48 Å². The Bertz CT molecular complexity index is 360. The first kappa shape index (κ1) is 21.4. The molecule has 6 nitrogen and oxygen atoms in total. The molecule has 0 aliphatic rings. The number of nitrogens with one attached hydrogen (secondary N) is 1. The second-order valence-corrected chi connectivity index (χ2v) is 4.68. The second-order valence-electron chi connectivity index (χ2n) is 4.68. The highest BCUT2D eigenvalue weighted by Gasteiger charge is 2.33. The molecule has 0 fully saturated rings. The topological polar surface area (TPSA) is 85.8 Å². The van der Waals surface area contributed by atoms with Gasteiger partial charge in [0, 0.05) is 12.6 Å². The van der Waals surface area contributed by atoms with Gasteiger partial charge in [-0.1, -0.05) is 13.8 Å². The highest BCUT2D eigenvalue weighted by atomic mass is 35.5.